The van der Waals surface area contributed by atoms with Gasteiger partial charge in [-0.3, -0.25) is 4.79 Å². The van der Waals surface area contributed by atoms with Crippen molar-refractivity contribution in [3.05, 3.63) is 24.0 Å². The van der Waals surface area contributed by atoms with E-state index in [-0.39, 0.29) is 5.91 Å². The predicted molar refractivity (Wildman–Crippen MR) is 88.9 cm³/mol. The van der Waals surface area contributed by atoms with Crippen LogP contribution in [0.5, 0.6) is 5.75 Å². The maximum absolute atomic E-state index is 11.9. The highest BCUT2D eigenvalue weighted by molar-refractivity contribution is 7.19. The number of hydrogen-bond donors (Lipinski definition) is 1. The number of aryl methyl sites for hydroxylation is 1. The first-order valence-electron chi connectivity index (χ1n) is 7.29. The number of fused-ring (bicyclic) bond motifs is 1. The van der Waals surface area contributed by atoms with Crippen LogP contribution in [0.25, 0.3) is 15.5 Å². The minimum absolute atomic E-state index is 0.0306. The van der Waals surface area contributed by atoms with Gasteiger partial charge in [0, 0.05) is 12.0 Å². The Morgan fingerprint density at radius 2 is 2.22 bits per heavy atom. The van der Waals surface area contributed by atoms with Crippen LogP contribution in [-0.4, -0.2) is 32.8 Å². The van der Waals surface area contributed by atoms with Gasteiger partial charge in [-0.2, -0.15) is 9.61 Å². The van der Waals surface area contributed by atoms with Crippen LogP contribution in [0.4, 0.5) is 5.69 Å². The molecule has 2 heterocycles. The number of benzene rings is 1. The number of carbonyl (C=O) groups excluding carboxylic acids is 1. The Balaban J connectivity index is 1.97. The predicted octanol–water partition coefficient (Wildman–Crippen LogP) is 2.91. The molecule has 0 aliphatic carbocycles. The Hall–Kier alpha value is -2.48. The molecule has 0 atom stereocenters. The Morgan fingerprint density at radius 1 is 1.39 bits per heavy atom. The Morgan fingerprint density at radius 3 is 2.91 bits per heavy atom. The molecule has 0 bridgehead atoms. The summed E-state index contributed by atoms with van der Waals surface area (Å²) in [6.07, 6.45) is 1.27. The third-order valence-corrected chi connectivity index (χ3v) is 4.29. The summed E-state index contributed by atoms with van der Waals surface area (Å²) in [4.78, 5) is 12.6. The molecule has 0 fully saturated rings. The standard InChI is InChI=1S/C15H17N5O2S/c1-4-5-13(21)16-11-8-10(6-7-12(11)22-3)14-19-20-9(2)17-18-15(20)23-14/h6-8H,4-5H2,1-3H3,(H,16,21). The Labute approximate surface area is 137 Å². The van der Waals surface area contributed by atoms with E-state index in [1.807, 2.05) is 32.0 Å². The van der Waals surface area contributed by atoms with Crippen LogP contribution in [0.1, 0.15) is 25.6 Å². The van der Waals surface area contributed by atoms with E-state index < -0.39 is 0 Å². The summed E-state index contributed by atoms with van der Waals surface area (Å²) in [6.45, 7) is 3.82. The van der Waals surface area contributed by atoms with E-state index in [1.54, 1.807) is 11.6 Å². The van der Waals surface area contributed by atoms with Crippen molar-refractivity contribution in [2.45, 2.75) is 26.7 Å². The van der Waals surface area contributed by atoms with Gasteiger partial charge >= 0.3 is 0 Å². The summed E-state index contributed by atoms with van der Waals surface area (Å²) in [7, 11) is 1.58. The van der Waals surface area contributed by atoms with Gasteiger partial charge < -0.3 is 10.1 Å². The average Bonchev–Trinajstić information content (AvgIpc) is 3.10. The molecule has 3 aromatic rings. The molecule has 0 aliphatic rings. The molecule has 120 valence electrons. The summed E-state index contributed by atoms with van der Waals surface area (Å²) in [6, 6.07) is 5.61. The minimum atomic E-state index is -0.0306. The minimum Gasteiger partial charge on any atom is -0.495 e. The smallest absolute Gasteiger partial charge is 0.234 e. The van der Waals surface area contributed by atoms with Gasteiger partial charge in [-0.05, 0) is 31.5 Å². The number of anilines is 1. The second-order valence-electron chi connectivity index (χ2n) is 5.06. The van der Waals surface area contributed by atoms with E-state index in [0.717, 1.165) is 27.8 Å². The summed E-state index contributed by atoms with van der Waals surface area (Å²) < 4.78 is 7.03. The van der Waals surface area contributed by atoms with Gasteiger partial charge in [-0.25, -0.2) is 0 Å². The van der Waals surface area contributed by atoms with Gasteiger partial charge in [0.05, 0.1) is 12.8 Å². The molecule has 0 saturated heterocycles. The van der Waals surface area contributed by atoms with Gasteiger partial charge in [-0.15, -0.1) is 10.2 Å². The molecule has 7 nitrogen and oxygen atoms in total. The first-order valence-corrected chi connectivity index (χ1v) is 8.11. The van der Waals surface area contributed by atoms with Gasteiger partial charge in [0.15, 0.2) is 5.82 Å². The summed E-state index contributed by atoms with van der Waals surface area (Å²) >= 11 is 1.45. The quantitative estimate of drug-likeness (QED) is 0.777. The molecule has 1 amide bonds. The fourth-order valence-corrected chi connectivity index (χ4v) is 3.09. The molecule has 0 spiro atoms. The first-order chi connectivity index (χ1) is 11.1. The molecule has 8 heteroatoms. The number of carbonyl (C=O) groups is 1. The highest BCUT2D eigenvalue weighted by Gasteiger charge is 2.14. The summed E-state index contributed by atoms with van der Waals surface area (Å²) in [5, 5.41) is 16.3. The number of nitrogens with one attached hydrogen (secondary N) is 1. The summed E-state index contributed by atoms with van der Waals surface area (Å²) in [5.41, 5.74) is 1.54. The molecule has 0 aliphatic heterocycles. The van der Waals surface area contributed by atoms with Crippen LogP contribution in [-0.2, 0) is 4.79 Å². The van der Waals surface area contributed by atoms with E-state index in [2.05, 4.69) is 20.6 Å². The SMILES string of the molecule is CCCC(=O)Nc1cc(-c2nn3c(C)nnc3s2)ccc1OC. The first kappa shape index (κ1) is 15.4. The van der Waals surface area contributed by atoms with Gasteiger partial charge in [-0.1, -0.05) is 18.3 Å². The van der Waals surface area contributed by atoms with E-state index >= 15 is 0 Å². The van der Waals surface area contributed by atoms with Gasteiger partial charge in [0.1, 0.15) is 10.8 Å². The number of rotatable bonds is 5. The number of hydrogen-bond acceptors (Lipinski definition) is 6. The fraction of sp³-hybridized carbons (Fsp3) is 0.333. The van der Waals surface area contributed by atoms with Crippen LogP contribution in [0.15, 0.2) is 18.2 Å². The monoisotopic (exact) mass is 331 g/mol. The van der Waals surface area contributed by atoms with Crippen molar-refractivity contribution in [3.8, 4) is 16.3 Å². The molecule has 2 aromatic heterocycles. The second-order valence-corrected chi connectivity index (χ2v) is 6.02. The lowest BCUT2D eigenvalue weighted by atomic mass is 10.2. The normalized spacial score (nSPS) is 10.9. The number of ether oxygens (including phenoxy) is 1. The molecule has 0 radical (unpaired) electrons. The molecule has 3 rings (SSSR count). The van der Waals surface area contributed by atoms with Crippen LogP contribution < -0.4 is 10.1 Å². The number of amides is 1. The molecular weight excluding hydrogens is 314 g/mol. The van der Waals surface area contributed by atoms with E-state index in [4.69, 9.17) is 4.74 Å². The van der Waals surface area contributed by atoms with E-state index in [0.29, 0.717) is 17.9 Å². The topological polar surface area (TPSA) is 81.4 Å². The highest BCUT2D eigenvalue weighted by Crippen LogP contribution is 2.32. The number of methoxy groups -OCH3 is 1. The molecule has 23 heavy (non-hydrogen) atoms. The largest absolute Gasteiger partial charge is 0.495 e. The Kier molecular flexibility index (Phi) is 4.24. The van der Waals surface area contributed by atoms with Crippen LogP contribution >= 0.6 is 11.3 Å². The molecular formula is C15H17N5O2S. The van der Waals surface area contributed by atoms with Crippen molar-refractivity contribution in [3.63, 3.8) is 0 Å². The molecule has 1 aromatic carbocycles. The third kappa shape index (κ3) is 3.02. The van der Waals surface area contributed by atoms with Gasteiger partial charge in [0.25, 0.3) is 0 Å². The lowest BCUT2D eigenvalue weighted by molar-refractivity contribution is -0.116. The lowest BCUT2D eigenvalue weighted by Gasteiger charge is -2.11. The maximum atomic E-state index is 11.9. The average molecular weight is 331 g/mol. The zero-order chi connectivity index (χ0) is 16.4. The highest BCUT2D eigenvalue weighted by atomic mass is 32.1. The van der Waals surface area contributed by atoms with Crippen molar-refractivity contribution >= 4 is 27.9 Å². The lowest BCUT2D eigenvalue weighted by Crippen LogP contribution is -2.11. The van der Waals surface area contributed by atoms with Gasteiger partial charge in [0.2, 0.25) is 10.9 Å². The van der Waals surface area contributed by atoms with Crippen LogP contribution in [0.3, 0.4) is 0 Å². The van der Waals surface area contributed by atoms with Crippen molar-refractivity contribution in [1.29, 1.82) is 0 Å². The maximum Gasteiger partial charge on any atom is 0.234 e. The summed E-state index contributed by atoms with van der Waals surface area (Å²) in [5.74, 6) is 1.34. The van der Waals surface area contributed by atoms with Crippen LogP contribution in [0, 0.1) is 6.92 Å². The second kappa shape index (κ2) is 6.33. The number of nitrogens with zero attached hydrogens (tertiary/aromatic N) is 4. The zero-order valence-corrected chi connectivity index (χ0v) is 14.0. The third-order valence-electron chi connectivity index (χ3n) is 3.34. The van der Waals surface area contributed by atoms with Crippen molar-refractivity contribution in [2.75, 3.05) is 12.4 Å². The number of aromatic nitrogens is 4. The zero-order valence-electron chi connectivity index (χ0n) is 13.2. The van der Waals surface area contributed by atoms with E-state index in [9.17, 15) is 4.79 Å². The fourth-order valence-electron chi connectivity index (χ4n) is 2.21. The van der Waals surface area contributed by atoms with Crippen molar-refractivity contribution in [2.24, 2.45) is 0 Å². The molecule has 0 unspecified atom stereocenters. The Bertz CT molecular complexity index is 855. The van der Waals surface area contributed by atoms with Crippen molar-refractivity contribution < 1.29 is 9.53 Å². The molecule has 1 N–H and O–H groups in total. The van der Waals surface area contributed by atoms with Crippen LogP contribution in [0.2, 0.25) is 0 Å². The molecule has 0 saturated carbocycles. The van der Waals surface area contributed by atoms with E-state index in [1.165, 1.54) is 11.3 Å². The van der Waals surface area contributed by atoms with Crippen molar-refractivity contribution in [1.82, 2.24) is 19.8 Å².